The van der Waals surface area contributed by atoms with Gasteiger partial charge in [0.15, 0.2) is 0 Å². The summed E-state index contributed by atoms with van der Waals surface area (Å²) in [6, 6.07) is 14.0. The van der Waals surface area contributed by atoms with Gasteiger partial charge in [0.1, 0.15) is 6.04 Å². The highest BCUT2D eigenvalue weighted by Crippen LogP contribution is 2.29. The fourth-order valence-corrected chi connectivity index (χ4v) is 4.04. The van der Waals surface area contributed by atoms with Crippen LogP contribution in [-0.4, -0.2) is 41.4 Å². The van der Waals surface area contributed by atoms with E-state index >= 15 is 0 Å². The van der Waals surface area contributed by atoms with Gasteiger partial charge in [-0.1, -0.05) is 26.0 Å². The van der Waals surface area contributed by atoms with Crippen molar-refractivity contribution >= 4 is 23.5 Å². The molecule has 0 bridgehead atoms. The van der Waals surface area contributed by atoms with Gasteiger partial charge in [0, 0.05) is 12.1 Å². The molecule has 1 N–H and O–H groups in total. The van der Waals surface area contributed by atoms with Gasteiger partial charge in [-0.25, -0.2) is 9.69 Å². The molecule has 4 amide bonds. The second-order valence-corrected chi connectivity index (χ2v) is 7.90. The first-order chi connectivity index (χ1) is 14.4. The third-order valence-corrected chi connectivity index (χ3v) is 5.72. The molecular formula is C23H22N4O3. The van der Waals surface area contributed by atoms with Gasteiger partial charge < -0.3 is 10.2 Å². The first-order valence-electron chi connectivity index (χ1n) is 9.96. The van der Waals surface area contributed by atoms with Crippen LogP contribution in [-0.2, 0) is 4.79 Å². The second kappa shape index (κ2) is 7.64. The maximum absolute atomic E-state index is 13.3. The Balaban J connectivity index is 1.61. The van der Waals surface area contributed by atoms with Crippen LogP contribution >= 0.6 is 0 Å². The largest absolute Gasteiger partial charge is 0.332 e. The van der Waals surface area contributed by atoms with E-state index in [1.807, 2.05) is 18.2 Å². The average molecular weight is 402 g/mol. The highest BCUT2D eigenvalue weighted by molar-refractivity contribution is 6.19. The van der Waals surface area contributed by atoms with E-state index in [4.69, 9.17) is 5.26 Å². The van der Waals surface area contributed by atoms with Crippen molar-refractivity contribution in [2.45, 2.75) is 38.3 Å². The Morgan fingerprint density at radius 1 is 1.10 bits per heavy atom. The molecule has 30 heavy (non-hydrogen) atoms. The first-order valence-corrected chi connectivity index (χ1v) is 9.96. The summed E-state index contributed by atoms with van der Waals surface area (Å²) in [5.74, 6) is -0.350. The van der Waals surface area contributed by atoms with Crippen LogP contribution in [0.5, 0.6) is 0 Å². The van der Waals surface area contributed by atoms with Crippen molar-refractivity contribution in [1.82, 2.24) is 10.2 Å². The standard InChI is InChI=1S/C23H22N4O3/c1-14(2)16-7-9-18(10-8-16)27-22(29)20-19(25-23(27)30)11-12-26(20)21(28)17-5-3-15(13-24)4-6-17/h3-10,14,19-20H,11-12H2,1-2H3,(H,25,30)/t19-,20+/m1/s1. The van der Waals surface area contributed by atoms with E-state index in [-0.39, 0.29) is 5.91 Å². The number of nitrogens with zero attached hydrogens (tertiary/aromatic N) is 3. The van der Waals surface area contributed by atoms with Crippen molar-refractivity contribution in [3.63, 3.8) is 0 Å². The monoisotopic (exact) mass is 402 g/mol. The van der Waals surface area contributed by atoms with Crippen molar-refractivity contribution in [2.75, 3.05) is 11.4 Å². The summed E-state index contributed by atoms with van der Waals surface area (Å²) >= 11 is 0. The number of carbonyl (C=O) groups is 3. The zero-order chi connectivity index (χ0) is 21.4. The van der Waals surface area contributed by atoms with Crippen molar-refractivity contribution in [3.8, 4) is 6.07 Å². The van der Waals surface area contributed by atoms with Gasteiger partial charge >= 0.3 is 6.03 Å². The molecular weight excluding hydrogens is 380 g/mol. The predicted molar refractivity (Wildman–Crippen MR) is 111 cm³/mol. The Hall–Kier alpha value is -3.66. The molecule has 2 saturated heterocycles. The summed E-state index contributed by atoms with van der Waals surface area (Å²) in [4.78, 5) is 41.6. The van der Waals surface area contributed by atoms with Crippen LogP contribution < -0.4 is 10.2 Å². The number of imide groups is 1. The number of benzene rings is 2. The van der Waals surface area contributed by atoms with E-state index in [0.717, 1.165) is 10.5 Å². The molecule has 2 aliphatic heterocycles. The predicted octanol–water partition coefficient (Wildman–Crippen LogP) is 3.02. The summed E-state index contributed by atoms with van der Waals surface area (Å²) in [6.45, 7) is 4.52. The minimum Gasteiger partial charge on any atom is -0.332 e. The number of likely N-dealkylation sites (tertiary alicyclic amines) is 1. The zero-order valence-corrected chi connectivity index (χ0v) is 16.8. The van der Waals surface area contributed by atoms with Crippen molar-refractivity contribution < 1.29 is 14.4 Å². The number of hydrogen-bond donors (Lipinski definition) is 1. The van der Waals surface area contributed by atoms with Gasteiger partial charge in [0.05, 0.1) is 23.4 Å². The van der Waals surface area contributed by atoms with Gasteiger partial charge in [-0.2, -0.15) is 5.26 Å². The Bertz CT molecular complexity index is 1040. The van der Waals surface area contributed by atoms with E-state index in [1.54, 1.807) is 36.4 Å². The zero-order valence-electron chi connectivity index (χ0n) is 16.8. The molecule has 7 nitrogen and oxygen atoms in total. The van der Waals surface area contributed by atoms with Crippen LogP contribution in [0.3, 0.4) is 0 Å². The Labute approximate surface area is 174 Å². The third kappa shape index (κ3) is 3.30. The molecule has 2 aromatic carbocycles. The van der Waals surface area contributed by atoms with E-state index in [1.165, 1.54) is 4.90 Å². The molecule has 4 rings (SSSR count). The number of rotatable bonds is 3. The summed E-state index contributed by atoms with van der Waals surface area (Å²) < 4.78 is 0. The molecule has 2 aliphatic rings. The topological polar surface area (TPSA) is 93.5 Å². The number of urea groups is 1. The second-order valence-electron chi connectivity index (χ2n) is 7.90. The Kier molecular flexibility index (Phi) is 5.00. The number of hydrogen-bond acceptors (Lipinski definition) is 4. The summed E-state index contributed by atoms with van der Waals surface area (Å²) in [5.41, 5.74) is 2.47. The normalized spacial score (nSPS) is 20.7. The van der Waals surface area contributed by atoms with E-state index in [2.05, 4.69) is 19.2 Å². The number of carbonyl (C=O) groups excluding carboxylic acids is 3. The van der Waals surface area contributed by atoms with Crippen LogP contribution in [0.4, 0.5) is 10.5 Å². The summed E-state index contributed by atoms with van der Waals surface area (Å²) in [6.07, 6.45) is 0.518. The summed E-state index contributed by atoms with van der Waals surface area (Å²) in [5, 5.41) is 11.8. The van der Waals surface area contributed by atoms with Gasteiger partial charge in [-0.3, -0.25) is 9.59 Å². The molecule has 2 atom stereocenters. The highest BCUT2D eigenvalue weighted by atomic mass is 16.2. The SMILES string of the molecule is CC(C)c1ccc(N2C(=O)N[C@@H]3CCN(C(=O)c4ccc(C#N)cc4)[C@@H]3C2=O)cc1. The van der Waals surface area contributed by atoms with Gasteiger partial charge in [0.25, 0.3) is 11.8 Å². The van der Waals surface area contributed by atoms with Crippen LogP contribution in [0, 0.1) is 11.3 Å². The highest BCUT2D eigenvalue weighted by Gasteiger charge is 2.50. The van der Waals surface area contributed by atoms with Crippen LogP contribution in [0.15, 0.2) is 48.5 Å². The number of amides is 4. The Morgan fingerprint density at radius 3 is 2.37 bits per heavy atom. The smallest absolute Gasteiger partial charge is 0.329 e. The number of nitrogens with one attached hydrogen (secondary N) is 1. The lowest BCUT2D eigenvalue weighted by atomic mass is 10.0. The van der Waals surface area contributed by atoms with E-state index in [0.29, 0.717) is 35.7 Å². The number of anilines is 1. The van der Waals surface area contributed by atoms with Crippen molar-refractivity contribution in [2.24, 2.45) is 0 Å². The van der Waals surface area contributed by atoms with Crippen LogP contribution in [0.25, 0.3) is 0 Å². The van der Waals surface area contributed by atoms with E-state index < -0.39 is 24.0 Å². The van der Waals surface area contributed by atoms with Crippen LogP contribution in [0.2, 0.25) is 0 Å². The first kappa shape index (κ1) is 19.6. The fraction of sp³-hybridized carbons (Fsp3) is 0.304. The molecule has 0 unspecified atom stereocenters. The van der Waals surface area contributed by atoms with E-state index in [9.17, 15) is 14.4 Å². The molecule has 152 valence electrons. The van der Waals surface area contributed by atoms with Gasteiger partial charge in [0.2, 0.25) is 0 Å². The lowest BCUT2D eigenvalue weighted by molar-refractivity contribution is -0.122. The molecule has 7 heteroatoms. The molecule has 2 heterocycles. The van der Waals surface area contributed by atoms with Crippen LogP contribution in [0.1, 0.15) is 47.7 Å². The van der Waals surface area contributed by atoms with Gasteiger partial charge in [-0.05, 0) is 54.3 Å². The van der Waals surface area contributed by atoms with Gasteiger partial charge in [-0.15, -0.1) is 0 Å². The molecule has 0 aliphatic carbocycles. The average Bonchev–Trinajstić information content (AvgIpc) is 3.17. The van der Waals surface area contributed by atoms with Crippen molar-refractivity contribution in [1.29, 1.82) is 5.26 Å². The molecule has 0 saturated carbocycles. The summed E-state index contributed by atoms with van der Waals surface area (Å²) in [7, 11) is 0. The maximum atomic E-state index is 13.3. The lowest BCUT2D eigenvalue weighted by Gasteiger charge is -2.37. The number of nitriles is 1. The molecule has 0 spiro atoms. The fourth-order valence-electron chi connectivity index (χ4n) is 4.04. The Morgan fingerprint density at radius 2 is 1.77 bits per heavy atom. The maximum Gasteiger partial charge on any atom is 0.329 e. The molecule has 2 aromatic rings. The quantitative estimate of drug-likeness (QED) is 0.854. The minimum atomic E-state index is -0.754. The minimum absolute atomic E-state index is 0.286. The molecule has 2 fully saturated rings. The lowest BCUT2D eigenvalue weighted by Crippen LogP contribution is -2.65. The molecule has 0 radical (unpaired) electrons. The molecule has 0 aromatic heterocycles. The third-order valence-electron chi connectivity index (χ3n) is 5.72. The van der Waals surface area contributed by atoms with Crippen molar-refractivity contribution in [3.05, 3.63) is 65.2 Å². The number of fused-ring (bicyclic) bond motifs is 1.